The van der Waals surface area contributed by atoms with Crippen LogP contribution in [0.15, 0.2) is 30.3 Å². The SMILES string of the molecule is CCC12CC3CC1C(c1ccccc1)(CO2)C3. The van der Waals surface area contributed by atoms with Gasteiger partial charge in [0.1, 0.15) is 0 Å². The maximum Gasteiger partial charge on any atom is 0.0720 e. The highest BCUT2D eigenvalue weighted by molar-refractivity contribution is 5.35. The molecule has 3 aliphatic rings. The van der Waals surface area contributed by atoms with Crippen LogP contribution in [0.2, 0.25) is 0 Å². The van der Waals surface area contributed by atoms with Crippen molar-refractivity contribution in [3.05, 3.63) is 35.9 Å². The van der Waals surface area contributed by atoms with Crippen LogP contribution in [-0.4, -0.2) is 12.2 Å². The fourth-order valence-corrected chi connectivity index (χ4v) is 5.06. The van der Waals surface area contributed by atoms with Crippen LogP contribution >= 0.6 is 0 Å². The van der Waals surface area contributed by atoms with E-state index in [9.17, 15) is 0 Å². The fraction of sp³-hybridized carbons (Fsp3) is 0.625. The van der Waals surface area contributed by atoms with Gasteiger partial charge in [-0.15, -0.1) is 0 Å². The summed E-state index contributed by atoms with van der Waals surface area (Å²) >= 11 is 0. The monoisotopic (exact) mass is 228 g/mol. The zero-order valence-electron chi connectivity index (χ0n) is 10.5. The van der Waals surface area contributed by atoms with Gasteiger partial charge in [-0.25, -0.2) is 0 Å². The molecule has 4 rings (SSSR count). The molecule has 1 saturated heterocycles. The highest BCUT2D eigenvalue weighted by Gasteiger charge is 2.67. The Bertz CT molecular complexity index is 440. The molecule has 90 valence electrons. The van der Waals surface area contributed by atoms with Gasteiger partial charge in [0, 0.05) is 11.3 Å². The predicted octanol–water partition coefficient (Wildman–Crippen LogP) is 3.53. The molecule has 4 unspecified atom stereocenters. The third-order valence-electron chi connectivity index (χ3n) is 5.72. The number of benzene rings is 1. The van der Waals surface area contributed by atoms with Crippen LogP contribution in [0.4, 0.5) is 0 Å². The van der Waals surface area contributed by atoms with E-state index < -0.39 is 0 Å². The number of rotatable bonds is 2. The van der Waals surface area contributed by atoms with Gasteiger partial charge in [0.2, 0.25) is 0 Å². The van der Waals surface area contributed by atoms with E-state index >= 15 is 0 Å². The zero-order chi connectivity index (χ0) is 11.5. The maximum absolute atomic E-state index is 6.33. The van der Waals surface area contributed by atoms with Crippen molar-refractivity contribution in [2.45, 2.75) is 43.6 Å². The third-order valence-corrected chi connectivity index (χ3v) is 5.72. The molecule has 4 atom stereocenters. The van der Waals surface area contributed by atoms with E-state index in [-0.39, 0.29) is 5.60 Å². The summed E-state index contributed by atoms with van der Waals surface area (Å²) in [6, 6.07) is 11.1. The summed E-state index contributed by atoms with van der Waals surface area (Å²) in [5.74, 6) is 1.70. The van der Waals surface area contributed by atoms with Crippen LogP contribution in [0, 0.1) is 11.8 Å². The lowest BCUT2D eigenvalue weighted by Crippen LogP contribution is -2.40. The van der Waals surface area contributed by atoms with E-state index in [2.05, 4.69) is 37.3 Å². The first kappa shape index (κ1) is 10.1. The van der Waals surface area contributed by atoms with Crippen LogP contribution in [-0.2, 0) is 10.2 Å². The molecule has 1 heteroatoms. The Hall–Kier alpha value is -0.820. The predicted molar refractivity (Wildman–Crippen MR) is 67.9 cm³/mol. The minimum absolute atomic E-state index is 0.235. The number of hydrogen-bond donors (Lipinski definition) is 0. The average molecular weight is 228 g/mol. The Kier molecular flexibility index (Phi) is 1.87. The quantitative estimate of drug-likeness (QED) is 0.752. The van der Waals surface area contributed by atoms with Gasteiger partial charge in [-0.1, -0.05) is 37.3 Å². The highest BCUT2D eigenvalue weighted by atomic mass is 16.5. The van der Waals surface area contributed by atoms with Gasteiger partial charge < -0.3 is 4.74 Å². The molecule has 2 aliphatic carbocycles. The van der Waals surface area contributed by atoms with Gasteiger partial charge in [0.05, 0.1) is 12.2 Å². The topological polar surface area (TPSA) is 9.23 Å². The summed E-state index contributed by atoms with van der Waals surface area (Å²) in [6.45, 7) is 3.27. The van der Waals surface area contributed by atoms with Crippen molar-refractivity contribution in [3.63, 3.8) is 0 Å². The molecule has 0 radical (unpaired) electrons. The van der Waals surface area contributed by atoms with E-state index in [1.165, 1.54) is 31.2 Å². The summed E-state index contributed by atoms with van der Waals surface area (Å²) in [5, 5.41) is 0. The van der Waals surface area contributed by atoms with Gasteiger partial charge in [0.15, 0.2) is 0 Å². The van der Waals surface area contributed by atoms with Crippen LogP contribution in [0.3, 0.4) is 0 Å². The normalized spacial score (nSPS) is 46.6. The molecule has 2 saturated carbocycles. The van der Waals surface area contributed by atoms with Crippen molar-refractivity contribution in [2.75, 3.05) is 6.61 Å². The number of hydrogen-bond acceptors (Lipinski definition) is 1. The lowest BCUT2D eigenvalue weighted by molar-refractivity contribution is -0.0140. The van der Waals surface area contributed by atoms with Gasteiger partial charge in [-0.3, -0.25) is 0 Å². The van der Waals surface area contributed by atoms with Gasteiger partial charge in [0.25, 0.3) is 0 Å². The van der Waals surface area contributed by atoms with Gasteiger partial charge >= 0.3 is 0 Å². The second kappa shape index (κ2) is 3.14. The molecule has 0 spiro atoms. The first-order chi connectivity index (χ1) is 8.29. The molecule has 0 amide bonds. The lowest BCUT2D eigenvalue weighted by atomic mass is 9.65. The summed E-state index contributed by atoms with van der Waals surface area (Å²) < 4.78 is 6.33. The molecule has 1 nitrogen and oxygen atoms in total. The Morgan fingerprint density at radius 3 is 2.76 bits per heavy atom. The van der Waals surface area contributed by atoms with Crippen molar-refractivity contribution in [2.24, 2.45) is 11.8 Å². The van der Waals surface area contributed by atoms with E-state index in [4.69, 9.17) is 4.74 Å². The first-order valence-corrected chi connectivity index (χ1v) is 6.99. The molecule has 17 heavy (non-hydrogen) atoms. The number of fused-ring (bicyclic) bond motifs is 1. The molecule has 0 N–H and O–H groups in total. The lowest BCUT2D eigenvalue weighted by Gasteiger charge is -2.37. The van der Waals surface area contributed by atoms with E-state index in [0.717, 1.165) is 18.4 Å². The van der Waals surface area contributed by atoms with Crippen LogP contribution < -0.4 is 0 Å². The fourth-order valence-electron chi connectivity index (χ4n) is 5.06. The van der Waals surface area contributed by atoms with Crippen molar-refractivity contribution in [1.82, 2.24) is 0 Å². The molecule has 1 heterocycles. The smallest absolute Gasteiger partial charge is 0.0720 e. The average Bonchev–Trinajstić information content (AvgIpc) is 2.96. The Labute approximate surface area is 103 Å². The Morgan fingerprint density at radius 2 is 2.06 bits per heavy atom. The first-order valence-electron chi connectivity index (χ1n) is 6.99. The van der Waals surface area contributed by atoms with E-state index in [1.807, 2.05) is 0 Å². The van der Waals surface area contributed by atoms with Gasteiger partial charge in [-0.05, 0) is 37.2 Å². The standard InChI is InChI=1S/C16H20O/c1-2-16-10-12-8-14(16)15(9-12,11-17-16)13-6-4-3-5-7-13/h3-7,12,14H,2,8-11H2,1H3. The van der Waals surface area contributed by atoms with Crippen LogP contribution in [0.1, 0.15) is 38.2 Å². The zero-order valence-corrected chi connectivity index (χ0v) is 10.5. The molecule has 1 aliphatic heterocycles. The minimum Gasteiger partial charge on any atom is -0.374 e. The molecular formula is C16H20O. The number of ether oxygens (including phenoxy) is 1. The Balaban J connectivity index is 1.82. The summed E-state index contributed by atoms with van der Waals surface area (Å²) in [5.41, 5.74) is 2.13. The summed E-state index contributed by atoms with van der Waals surface area (Å²) in [7, 11) is 0. The second-order valence-electron chi connectivity index (χ2n) is 6.29. The molecular weight excluding hydrogens is 208 g/mol. The third kappa shape index (κ3) is 1.09. The molecule has 1 aromatic rings. The van der Waals surface area contributed by atoms with Crippen LogP contribution in [0.5, 0.6) is 0 Å². The van der Waals surface area contributed by atoms with Crippen molar-refractivity contribution >= 4 is 0 Å². The molecule has 1 aromatic carbocycles. The molecule has 2 bridgehead atoms. The molecule has 0 aromatic heterocycles. The largest absolute Gasteiger partial charge is 0.374 e. The molecule has 3 fully saturated rings. The van der Waals surface area contributed by atoms with Crippen LogP contribution in [0.25, 0.3) is 0 Å². The second-order valence-corrected chi connectivity index (χ2v) is 6.29. The highest BCUT2D eigenvalue weighted by Crippen LogP contribution is 2.67. The van der Waals surface area contributed by atoms with Gasteiger partial charge in [-0.2, -0.15) is 0 Å². The van der Waals surface area contributed by atoms with E-state index in [1.54, 1.807) is 0 Å². The maximum atomic E-state index is 6.33. The van der Waals surface area contributed by atoms with Crippen molar-refractivity contribution in [1.29, 1.82) is 0 Å². The van der Waals surface area contributed by atoms with E-state index in [0.29, 0.717) is 5.41 Å². The minimum atomic E-state index is 0.235. The van der Waals surface area contributed by atoms with Crippen molar-refractivity contribution < 1.29 is 4.74 Å². The Morgan fingerprint density at radius 1 is 1.24 bits per heavy atom. The van der Waals surface area contributed by atoms with Crippen molar-refractivity contribution in [3.8, 4) is 0 Å². The summed E-state index contributed by atoms with van der Waals surface area (Å²) in [6.07, 6.45) is 5.29. The summed E-state index contributed by atoms with van der Waals surface area (Å²) in [4.78, 5) is 0.